The molecule has 4 rings (SSSR count). The highest BCUT2D eigenvalue weighted by Crippen LogP contribution is 2.26. The molecule has 0 unspecified atom stereocenters. The molecule has 0 atom stereocenters. The summed E-state index contributed by atoms with van der Waals surface area (Å²) in [5.41, 5.74) is 2.21. The lowest BCUT2D eigenvalue weighted by Crippen LogP contribution is -2.05. The molecule has 0 saturated carbocycles. The fraction of sp³-hybridized carbons (Fsp3) is 0.0526. The maximum atomic E-state index is 12.7. The van der Waals surface area contributed by atoms with Crippen LogP contribution in [-0.2, 0) is 0 Å². The van der Waals surface area contributed by atoms with Crippen molar-refractivity contribution in [3.05, 3.63) is 71.1 Å². The number of pyridine rings is 1. The molecule has 4 heteroatoms. The van der Waals surface area contributed by atoms with Crippen molar-refractivity contribution in [2.45, 2.75) is 0 Å². The maximum Gasteiger partial charge on any atom is 0.202 e. The van der Waals surface area contributed by atoms with Crippen molar-refractivity contribution < 1.29 is 9.15 Å². The lowest BCUT2D eigenvalue weighted by Gasteiger charge is -2.07. The van der Waals surface area contributed by atoms with Gasteiger partial charge in [-0.05, 0) is 24.3 Å². The number of hydrogen-bond donors (Lipinski definition) is 0. The van der Waals surface area contributed by atoms with Gasteiger partial charge in [0.1, 0.15) is 23.1 Å². The molecule has 0 radical (unpaired) electrons. The van der Waals surface area contributed by atoms with E-state index in [0.29, 0.717) is 28.0 Å². The third-order valence-corrected chi connectivity index (χ3v) is 3.86. The van der Waals surface area contributed by atoms with Crippen LogP contribution < -0.4 is 10.2 Å². The molecule has 4 nitrogen and oxygen atoms in total. The van der Waals surface area contributed by atoms with Gasteiger partial charge in [-0.1, -0.05) is 30.3 Å². The largest absolute Gasteiger partial charge is 0.494 e. The molecule has 0 aliphatic carbocycles. The van der Waals surface area contributed by atoms with Crippen LogP contribution in [0.5, 0.6) is 5.75 Å². The topological polar surface area (TPSA) is 52.3 Å². The Balaban J connectivity index is 1.99. The van der Waals surface area contributed by atoms with E-state index in [1.165, 1.54) is 6.26 Å². The monoisotopic (exact) mass is 303 g/mol. The zero-order chi connectivity index (χ0) is 15.8. The first-order chi connectivity index (χ1) is 11.3. The van der Waals surface area contributed by atoms with Crippen LogP contribution in [-0.4, -0.2) is 12.1 Å². The quantitative estimate of drug-likeness (QED) is 0.561. The number of benzene rings is 2. The second-order valence-electron chi connectivity index (χ2n) is 5.20. The minimum absolute atomic E-state index is 0.0893. The first-order valence-corrected chi connectivity index (χ1v) is 7.22. The molecular weight excluding hydrogens is 290 g/mol. The summed E-state index contributed by atoms with van der Waals surface area (Å²) >= 11 is 0. The Bertz CT molecular complexity index is 1080. The zero-order valence-electron chi connectivity index (χ0n) is 12.4. The molecule has 2 heterocycles. The van der Waals surface area contributed by atoms with Gasteiger partial charge in [-0.25, -0.2) is 4.98 Å². The average molecular weight is 303 g/mol. The molecule has 112 valence electrons. The fourth-order valence-electron chi connectivity index (χ4n) is 2.69. The first-order valence-electron chi connectivity index (χ1n) is 7.22. The number of para-hydroxylation sites is 2. The molecule has 0 bridgehead atoms. The normalized spacial score (nSPS) is 11.0. The van der Waals surface area contributed by atoms with Gasteiger partial charge in [-0.3, -0.25) is 4.79 Å². The maximum absolute atomic E-state index is 12.7. The average Bonchev–Trinajstić information content (AvgIpc) is 2.61. The summed E-state index contributed by atoms with van der Waals surface area (Å²) in [5, 5.41) is 1.50. The lowest BCUT2D eigenvalue weighted by molar-refractivity contribution is 0.419. The third kappa shape index (κ3) is 2.16. The standard InChI is InChI=1S/C19H13NO3/c1-22-17-8-4-5-12-9-10-15(20-18(12)17)14-11-23-16-7-3-2-6-13(16)19(14)21/h2-11H,1H3. The number of rotatable bonds is 2. The molecule has 23 heavy (non-hydrogen) atoms. The lowest BCUT2D eigenvalue weighted by atomic mass is 10.1. The summed E-state index contributed by atoms with van der Waals surface area (Å²) in [7, 11) is 1.60. The minimum Gasteiger partial charge on any atom is -0.494 e. The summed E-state index contributed by atoms with van der Waals surface area (Å²) < 4.78 is 10.9. The molecule has 0 fully saturated rings. The van der Waals surface area contributed by atoms with Crippen LogP contribution >= 0.6 is 0 Å². The van der Waals surface area contributed by atoms with E-state index in [9.17, 15) is 4.79 Å². The number of nitrogens with zero attached hydrogens (tertiary/aromatic N) is 1. The van der Waals surface area contributed by atoms with Gasteiger partial charge in [0.25, 0.3) is 0 Å². The Hall–Kier alpha value is -3.14. The number of ether oxygens (including phenoxy) is 1. The summed E-state index contributed by atoms with van der Waals surface area (Å²) in [5.74, 6) is 0.675. The van der Waals surface area contributed by atoms with Crippen LogP contribution in [0.2, 0.25) is 0 Å². The molecular formula is C19H13NO3. The van der Waals surface area contributed by atoms with E-state index in [-0.39, 0.29) is 5.43 Å². The number of fused-ring (bicyclic) bond motifs is 2. The van der Waals surface area contributed by atoms with Crippen molar-refractivity contribution in [3.8, 4) is 17.0 Å². The molecule has 0 aliphatic heterocycles. The van der Waals surface area contributed by atoms with Crippen LogP contribution in [0.25, 0.3) is 33.1 Å². The Morgan fingerprint density at radius 1 is 1.00 bits per heavy atom. The third-order valence-electron chi connectivity index (χ3n) is 3.86. The minimum atomic E-state index is -0.0893. The van der Waals surface area contributed by atoms with Gasteiger partial charge in [0.2, 0.25) is 5.43 Å². The van der Waals surface area contributed by atoms with E-state index in [1.807, 2.05) is 42.5 Å². The van der Waals surface area contributed by atoms with Gasteiger partial charge in [0.15, 0.2) is 0 Å². The van der Waals surface area contributed by atoms with Gasteiger partial charge >= 0.3 is 0 Å². The summed E-state index contributed by atoms with van der Waals surface area (Å²) in [4.78, 5) is 17.3. The second kappa shape index (κ2) is 5.25. The van der Waals surface area contributed by atoms with Gasteiger partial charge in [-0.15, -0.1) is 0 Å². The highest BCUT2D eigenvalue weighted by Gasteiger charge is 2.11. The summed E-state index contributed by atoms with van der Waals surface area (Å²) in [6.07, 6.45) is 1.47. The Labute approximate surface area is 132 Å². The predicted octanol–water partition coefficient (Wildman–Crippen LogP) is 4.02. The predicted molar refractivity (Wildman–Crippen MR) is 89.8 cm³/mol. The highest BCUT2D eigenvalue weighted by molar-refractivity contribution is 5.87. The SMILES string of the molecule is COc1cccc2ccc(-c3coc4ccccc4c3=O)nc12. The fourth-order valence-corrected chi connectivity index (χ4v) is 2.69. The van der Waals surface area contributed by atoms with Crippen LogP contribution in [0, 0.1) is 0 Å². The van der Waals surface area contributed by atoms with Crippen LogP contribution in [0.1, 0.15) is 0 Å². The van der Waals surface area contributed by atoms with Crippen molar-refractivity contribution in [1.29, 1.82) is 0 Å². The van der Waals surface area contributed by atoms with Crippen molar-refractivity contribution in [2.24, 2.45) is 0 Å². The Morgan fingerprint density at radius 3 is 2.74 bits per heavy atom. The highest BCUT2D eigenvalue weighted by atomic mass is 16.5. The van der Waals surface area contributed by atoms with Crippen molar-refractivity contribution >= 4 is 21.9 Å². The van der Waals surface area contributed by atoms with E-state index in [0.717, 1.165) is 10.9 Å². The number of hydrogen-bond acceptors (Lipinski definition) is 4. The molecule has 2 aromatic heterocycles. The smallest absolute Gasteiger partial charge is 0.202 e. The van der Waals surface area contributed by atoms with Gasteiger partial charge < -0.3 is 9.15 Å². The van der Waals surface area contributed by atoms with Gasteiger partial charge in [-0.2, -0.15) is 0 Å². The molecule has 0 saturated heterocycles. The molecule has 0 amide bonds. The van der Waals surface area contributed by atoms with Crippen LogP contribution in [0.15, 0.2) is 70.1 Å². The van der Waals surface area contributed by atoms with E-state index in [1.54, 1.807) is 19.2 Å². The van der Waals surface area contributed by atoms with Crippen molar-refractivity contribution in [3.63, 3.8) is 0 Å². The molecule has 4 aromatic rings. The van der Waals surface area contributed by atoms with E-state index < -0.39 is 0 Å². The Kier molecular flexibility index (Phi) is 3.08. The van der Waals surface area contributed by atoms with Crippen molar-refractivity contribution in [1.82, 2.24) is 4.98 Å². The number of aromatic nitrogens is 1. The van der Waals surface area contributed by atoms with Crippen molar-refractivity contribution in [2.75, 3.05) is 7.11 Å². The molecule has 0 N–H and O–H groups in total. The number of methoxy groups -OCH3 is 1. The van der Waals surface area contributed by atoms with Gasteiger partial charge in [0.05, 0.1) is 23.8 Å². The molecule has 0 spiro atoms. The zero-order valence-corrected chi connectivity index (χ0v) is 12.4. The second-order valence-corrected chi connectivity index (χ2v) is 5.20. The van der Waals surface area contributed by atoms with E-state index >= 15 is 0 Å². The van der Waals surface area contributed by atoms with E-state index in [4.69, 9.17) is 9.15 Å². The van der Waals surface area contributed by atoms with Crippen LogP contribution in [0.4, 0.5) is 0 Å². The summed E-state index contributed by atoms with van der Waals surface area (Å²) in [6, 6.07) is 16.7. The Morgan fingerprint density at radius 2 is 1.87 bits per heavy atom. The summed E-state index contributed by atoms with van der Waals surface area (Å²) in [6.45, 7) is 0. The van der Waals surface area contributed by atoms with E-state index in [2.05, 4.69) is 4.98 Å². The van der Waals surface area contributed by atoms with Gasteiger partial charge in [0, 0.05) is 5.39 Å². The van der Waals surface area contributed by atoms with Crippen LogP contribution in [0.3, 0.4) is 0 Å². The first kappa shape index (κ1) is 13.5. The molecule has 0 aliphatic rings. The molecule has 2 aromatic carbocycles.